The third-order valence-corrected chi connectivity index (χ3v) is 6.40. The van der Waals surface area contributed by atoms with E-state index in [1.807, 2.05) is 65.0 Å². The summed E-state index contributed by atoms with van der Waals surface area (Å²) in [5, 5.41) is 1.73. The average Bonchev–Trinajstić information content (AvgIpc) is 3.04. The first-order valence-corrected chi connectivity index (χ1v) is 12.4. The largest absolute Gasteiger partial charge is 0.490 e. The molecule has 1 fully saturated rings. The van der Waals surface area contributed by atoms with Crippen LogP contribution in [0.25, 0.3) is 6.08 Å². The number of amides is 1. The van der Waals surface area contributed by atoms with Gasteiger partial charge in [-0.15, -0.1) is 0 Å². The van der Waals surface area contributed by atoms with E-state index in [2.05, 4.69) is 4.99 Å². The Morgan fingerprint density at radius 3 is 2.42 bits per heavy atom. The first-order valence-electron chi connectivity index (χ1n) is 10.8. The van der Waals surface area contributed by atoms with E-state index >= 15 is 0 Å². The number of carbonyl (C=O) groups excluding carboxylic acids is 1. The van der Waals surface area contributed by atoms with Gasteiger partial charge in [0.1, 0.15) is 6.61 Å². The van der Waals surface area contributed by atoms with E-state index in [1.165, 1.54) is 11.8 Å². The van der Waals surface area contributed by atoms with Gasteiger partial charge in [-0.1, -0.05) is 35.3 Å². The van der Waals surface area contributed by atoms with Gasteiger partial charge in [0.2, 0.25) is 0 Å². The van der Waals surface area contributed by atoms with Gasteiger partial charge in [-0.2, -0.15) is 0 Å². The maximum absolute atomic E-state index is 13.0. The smallest absolute Gasteiger partial charge is 0.266 e. The molecule has 1 heterocycles. The van der Waals surface area contributed by atoms with Crippen LogP contribution in [0, 0.1) is 0 Å². The lowest BCUT2D eigenvalue weighted by molar-refractivity contribution is -0.123. The topological polar surface area (TPSA) is 51.1 Å². The molecule has 1 aliphatic heterocycles. The highest BCUT2D eigenvalue weighted by Crippen LogP contribution is 2.36. The second kappa shape index (κ2) is 11.3. The van der Waals surface area contributed by atoms with Gasteiger partial charge in [-0.25, -0.2) is 0 Å². The molecule has 33 heavy (non-hydrogen) atoms. The zero-order chi connectivity index (χ0) is 24.1. The summed E-state index contributed by atoms with van der Waals surface area (Å²) >= 11 is 13.5. The van der Waals surface area contributed by atoms with Crippen LogP contribution in [0.5, 0.6) is 11.5 Å². The van der Waals surface area contributed by atoms with Gasteiger partial charge in [0, 0.05) is 12.1 Å². The summed E-state index contributed by atoms with van der Waals surface area (Å²) in [6, 6.07) is 11.2. The summed E-state index contributed by atoms with van der Waals surface area (Å²) in [7, 11) is 0. The molecule has 0 unspecified atom stereocenters. The van der Waals surface area contributed by atoms with E-state index in [4.69, 9.17) is 32.7 Å². The summed E-state index contributed by atoms with van der Waals surface area (Å²) in [5.74, 6) is 1.19. The van der Waals surface area contributed by atoms with Crippen LogP contribution in [-0.4, -0.2) is 34.7 Å². The fourth-order valence-corrected chi connectivity index (χ4v) is 4.75. The molecule has 8 heteroatoms. The van der Waals surface area contributed by atoms with E-state index < -0.39 is 0 Å². The van der Waals surface area contributed by atoms with E-state index in [9.17, 15) is 4.79 Å². The number of nitrogens with zero attached hydrogens (tertiary/aromatic N) is 2. The fraction of sp³-hybridized carbons (Fsp3) is 0.360. The highest BCUT2D eigenvalue weighted by Gasteiger charge is 2.35. The quantitative estimate of drug-likeness (QED) is 0.359. The van der Waals surface area contributed by atoms with Crippen LogP contribution in [-0.2, 0) is 11.4 Å². The molecule has 0 N–H and O–H groups in total. The van der Waals surface area contributed by atoms with Crippen molar-refractivity contribution in [2.24, 2.45) is 4.99 Å². The molecule has 0 aliphatic carbocycles. The third kappa shape index (κ3) is 6.46. The van der Waals surface area contributed by atoms with E-state index in [0.717, 1.165) is 16.3 Å². The second-order valence-electron chi connectivity index (χ2n) is 8.06. The van der Waals surface area contributed by atoms with Crippen LogP contribution in [0.2, 0.25) is 10.0 Å². The van der Waals surface area contributed by atoms with Crippen molar-refractivity contribution in [3.63, 3.8) is 0 Å². The number of rotatable bonds is 8. The Kier molecular flexibility index (Phi) is 8.74. The summed E-state index contributed by atoms with van der Waals surface area (Å²) < 4.78 is 11.8. The molecule has 1 amide bonds. The van der Waals surface area contributed by atoms with Crippen LogP contribution < -0.4 is 9.47 Å². The minimum Gasteiger partial charge on any atom is -0.490 e. The Hall–Kier alpha value is -2.15. The van der Waals surface area contributed by atoms with Crippen molar-refractivity contribution >= 4 is 52.1 Å². The molecule has 5 nitrogen and oxygen atoms in total. The number of thioether (sulfide) groups is 1. The first kappa shape index (κ1) is 25.5. The number of ether oxygens (including phenoxy) is 2. The maximum Gasteiger partial charge on any atom is 0.266 e. The molecule has 0 radical (unpaired) electrons. The maximum atomic E-state index is 13.0. The van der Waals surface area contributed by atoms with Gasteiger partial charge < -0.3 is 9.47 Å². The normalized spacial score (nSPS) is 16.5. The minimum atomic E-state index is -0.0349. The van der Waals surface area contributed by atoms with Crippen molar-refractivity contribution in [1.82, 2.24) is 4.90 Å². The van der Waals surface area contributed by atoms with Crippen molar-refractivity contribution < 1.29 is 14.3 Å². The monoisotopic (exact) mass is 506 g/mol. The number of benzene rings is 2. The summed E-state index contributed by atoms with van der Waals surface area (Å²) in [6.07, 6.45) is 1.87. The predicted octanol–water partition coefficient (Wildman–Crippen LogP) is 7.06. The number of hydrogen-bond acceptors (Lipinski definition) is 5. The van der Waals surface area contributed by atoms with Crippen molar-refractivity contribution in [2.75, 3.05) is 6.61 Å². The molecule has 176 valence electrons. The minimum absolute atomic E-state index is 0.0320. The van der Waals surface area contributed by atoms with Gasteiger partial charge in [-0.3, -0.25) is 14.7 Å². The average molecular weight is 507 g/mol. The number of carbonyl (C=O) groups is 1. The second-order valence-corrected chi connectivity index (χ2v) is 9.88. The first-order chi connectivity index (χ1) is 15.7. The molecule has 0 saturated carbocycles. The number of halogens is 2. The molecule has 1 aliphatic rings. The van der Waals surface area contributed by atoms with Gasteiger partial charge in [-0.05, 0) is 87.8 Å². The van der Waals surface area contributed by atoms with Crippen LogP contribution in [0.1, 0.15) is 45.7 Å². The van der Waals surface area contributed by atoms with E-state index in [1.54, 1.807) is 17.0 Å². The van der Waals surface area contributed by atoms with Crippen molar-refractivity contribution in [2.45, 2.75) is 53.3 Å². The molecule has 0 atom stereocenters. The standard InChI is InChI=1S/C25H28Cl2N2O3S/c1-6-31-22-12-17(8-10-21(22)32-14-18-7-9-19(26)20(27)11-18)13-23-24(30)29(16(4)5)25(33-23)28-15(2)3/h7-13,15-16H,6,14H2,1-5H3/b23-13+,28-25?. The Labute approximate surface area is 209 Å². The zero-order valence-corrected chi connectivity index (χ0v) is 21.7. The van der Waals surface area contributed by atoms with Crippen molar-refractivity contribution in [1.29, 1.82) is 0 Å². The highest BCUT2D eigenvalue weighted by atomic mass is 35.5. The molecule has 0 spiro atoms. The van der Waals surface area contributed by atoms with E-state index in [0.29, 0.717) is 39.7 Å². The molecular formula is C25H28Cl2N2O3S. The molecule has 0 bridgehead atoms. The fourth-order valence-electron chi connectivity index (χ4n) is 3.20. The molecule has 3 rings (SSSR count). The van der Waals surface area contributed by atoms with Crippen LogP contribution in [0.4, 0.5) is 0 Å². The van der Waals surface area contributed by atoms with Gasteiger partial charge in [0.05, 0.1) is 21.6 Å². The molecule has 0 aromatic heterocycles. The molecular weight excluding hydrogens is 479 g/mol. The predicted molar refractivity (Wildman–Crippen MR) is 139 cm³/mol. The van der Waals surface area contributed by atoms with Gasteiger partial charge >= 0.3 is 0 Å². The number of aliphatic imine (C=N–C) groups is 1. The third-order valence-electron chi connectivity index (χ3n) is 4.67. The van der Waals surface area contributed by atoms with Crippen LogP contribution in [0.15, 0.2) is 46.3 Å². The zero-order valence-electron chi connectivity index (χ0n) is 19.4. The lowest BCUT2D eigenvalue weighted by Gasteiger charge is -2.20. The number of hydrogen-bond donors (Lipinski definition) is 0. The van der Waals surface area contributed by atoms with Crippen LogP contribution in [0.3, 0.4) is 0 Å². The van der Waals surface area contributed by atoms with Gasteiger partial charge in [0.15, 0.2) is 16.7 Å². The Balaban J connectivity index is 1.84. The Morgan fingerprint density at radius 1 is 1.03 bits per heavy atom. The lowest BCUT2D eigenvalue weighted by Crippen LogP contribution is -2.35. The molecule has 2 aromatic rings. The molecule has 2 aromatic carbocycles. The van der Waals surface area contributed by atoms with Crippen molar-refractivity contribution in [3.05, 3.63) is 62.5 Å². The van der Waals surface area contributed by atoms with Crippen LogP contribution >= 0.6 is 35.0 Å². The summed E-state index contributed by atoms with van der Waals surface area (Å²) in [5.41, 5.74) is 1.75. The van der Waals surface area contributed by atoms with E-state index in [-0.39, 0.29) is 18.0 Å². The summed E-state index contributed by atoms with van der Waals surface area (Å²) in [6.45, 7) is 10.7. The summed E-state index contributed by atoms with van der Waals surface area (Å²) in [4.78, 5) is 20.0. The Morgan fingerprint density at radius 2 is 1.79 bits per heavy atom. The molecule has 1 saturated heterocycles. The Bertz CT molecular complexity index is 1080. The SMILES string of the molecule is CCOc1cc(/C=C2/SC(=NC(C)C)N(C(C)C)C2=O)ccc1OCc1ccc(Cl)c(Cl)c1. The van der Waals surface area contributed by atoms with Crippen molar-refractivity contribution in [3.8, 4) is 11.5 Å². The number of amidine groups is 1. The lowest BCUT2D eigenvalue weighted by atomic mass is 10.1. The van der Waals surface area contributed by atoms with Gasteiger partial charge in [0.25, 0.3) is 5.91 Å². The highest BCUT2D eigenvalue weighted by molar-refractivity contribution is 8.18.